The zero-order valence-corrected chi connectivity index (χ0v) is 21.8. The van der Waals surface area contributed by atoms with Crippen molar-refractivity contribution in [2.75, 3.05) is 0 Å². The average Bonchev–Trinajstić information content (AvgIpc) is 3.20. The Balaban J connectivity index is 1.32. The Morgan fingerprint density at radius 3 is 2.38 bits per heavy atom. The molecule has 2 bridgehead atoms. The molecule has 0 saturated heterocycles. The number of carbonyl (C=O) groups excluding carboxylic acids is 3. The first-order valence-corrected chi connectivity index (χ1v) is 13.2. The predicted molar refractivity (Wildman–Crippen MR) is 146 cm³/mol. The second-order valence-electron chi connectivity index (χ2n) is 11.4. The van der Waals surface area contributed by atoms with Gasteiger partial charge in [-0.15, -0.1) is 0 Å². The van der Waals surface area contributed by atoms with Gasteiger partial charge >= 0.3 is 5.97 Å². The Bertz CT molecular complexity index is 1360. The van der Waals surface area contributed by atoms with Gasteiger partial charge in [-0.25, -0.2) is 0 Å². The third-order valence-electron chi connectivity index (χ3n) is 9.19. The van der Waals surface area contributed by atoms with Crippen LogP contribution >= 0.6 is 0 Å². The largest absolute Gasteiger partial charge is 0.461 e. The number of Topliss-reactive ketones (excluding diaryl/α,β-unsaturated/α-hetero) is 1. The first-order valence-electron chi connectivity index (χ1n) is 13.2. The summed E-state index contributed by atoms with van der Waals surface area (Å²) in [5.41, 5.74) is 2.05. The van der Waals surface area contributed by atoms with Gasteiger partial charge in [0, 0.05) is 11.8 Å². The lowest BCUT2D eigenvalue weighted by atomic mass is 9.64. The summed E-state index contributed by atoms with van der Waals surface area (Å²) in [5.74, 6) is -1.00. The fourth-order valence-corrected chi connectivity index (χ4v) is 6.90. The lowest BCUT2D eigenvalue weighted by Gasteiger charge is -2.40. The maximum atomic E-state index is 13.0. The average molecular weight is 495 g/mol. The Labute approximate surface area is 218 Å². The van der Waals surface area contributed by atoms with E-state index in [1.54, 1.807) is 6.08 Å². The normalized spacial score (nSPS) is 26.0. The molecule has 3 aromatic carbocycles. The van der Waals surface area contributed by atoms with E-state index < -0.39 is 11.8 Å². The number of ketones is 2. The molecule has 0 N–H and O–H groups in total. The number of ether oxygens (including phenoxy) is 1. The minimum absolute atomic E-state index is 0.0121. The highest BCUT2D eigenvalue weighted by molar-refractivity contribution is 6.10. The van der Waals surface area contributed by atoms with E-state index in [-0.39, 0.29) is 47.4 Å². The molecule has 4 nitrogen and oxygen atoms in total. The van der Waals surface area contributed by atoms with Crippen LogP contribution in [0.15, 0.2) is 78.9 Å². The van der Waals surface area contributed by atoms with Gasteiger partial charge in [0.2, 0.25) is 0 Å². The second-order valence-corrected chi connectivity index (χ2v) is 11.4. The van der Waals surface area contributed by atoms with Gasteiger partial charge in [0.1, 0.15) is 12.5 Å². The van der Waals surface area contributed by atoms with Crippen molar-refractivity contribution in [3.8, 4) is 0 Å². The molecule has 0 unspecified atom stereocenters. The van der Waals surface area contributed by atoms with Crippen molar-refractivity contribution < 1.29 is 19.1 Å². The maximum absolute atomic E-state index is 13.0. The molecule has 37 heavy (non-hydrogen) atoms. The molecule has 2 saturated carbocycles. The van der Waals surface area contributed by atoms with E-state index >= 15 is 0 Å². The fraction of sp³-hybridized carbons (Fsp3) is 0.364. The highest BCUT2D eigenvalue weighted by atomic mass is 16.5. The summed E-state index contributed by atoms with van der Waals surface area (Å²) in [7, 11) is 0. The van der Waals surface area contributed by atoms with Gasteiger partial charge in [-0.05, 0) is 51.6 Å². The van der Waals surface area contributed by atoms with Crippen molar-refractivity contribution in [2.45, 2.75) is 58.5 Å². The third kappa shape index (κ3) is 4.54. The molecule has 5 rings (SSSR count). The van der Waals surface area contributed by atoms with Crippen LogP contribution in [0.4, 0.5) is 0 Å². The Morgan fingerprint density at radius 2 is 1.59 bits per heavy atom. The molecule has 0 aliphatic heterocycles. The van der Waals surface area contributed by atoms with Crippen molar-refractivity contribution in [2.24, 2.45) is 16.7 Å². The third-order valence-corrected chi connectivity index (χ3v) is 9.19. The lowest BCUT2D eigenvalue weighted by molar-refractivity contribution is -0.155. The molecule has 0 amide bonds. The Kier molecular flexibility index (Phi) is 6.61. The molecule has 2 fully saturated rings. The van der Waals surface area contributed by atoms with Gasteiger partial charge in [0.15, 0.2) is 11.6 Å². The molecule has 3 aromatic rings. The van der Waals surface area contributed by atoms with Gasteiger partial charge in [-0.2, -0.15) is 0 Å². The van der Waals surface area contributed by atoms with E-state index in [0.29, 0.717) is 0 Å². The number of esters is 1. The summed E-state index contributed by atoms with van der Waals surface area (Å²) in [6, 6.07) is 24.1. The molecule has 2 aliphatic carbocycles. The topological polar surface area (TPSA) is 60.4 Å². The van der Waals surface area contributed by atoms with Gasteiger partial charge in [-0.3, -0.25) is 14.4 Å². The summed E-state index contributed by atoms with van der Waals surface area (Å²) < 4.78 is 6.15. The minimum atomic E-state index is -0.535. The quantitative estimate of drug-likeness (QED) is 0.194. The van der Waals surface area contributed by atoms with Gasteiger partial charge in [-0.1, -0.05) is 99.6 Å². The van der Waals surface area contributed by atoms with Crippen LogP contribution in [-0.2, 0) is 19.1 Å². The van der Waals surface area contributed by atoms with Crippen molar-refractivity contribution in [1.29, 1.82) is 0 Å². The monoisotopic (exact) mass is 494 g/mol. The smallest absolute Gasteiger partial charge is 0.313 e. The summed E-state index contributed by atoms with van der Waals surface area (Å²) in [4.78, 5) is 37.9. The van der Waals surface area contributed by atoms with Gasteiger partial charge in [0.25, 0.3) is 0 Å². The van der Waals surface area contributed by atoms with Crippen LogP contribution < -0.4 is 0 Å². The predicted octanol–water partition coefficient (Wildman–Crippen LogP) is 6.92. The first kappa shape index (κ1) is 25.1. The highest BCUT2D eigenvalue weighted by Gasteiger charge is 2.67. The lowest BCUT2D eigenvalue weighted by Crippen LogP contribution is -2.35. The summed E-state index contributed by atoms with van der Waals surface area (Å²) >= 11 is 0. The number of rotatable bonds is 8. The molecule has 4 heteroatoms. The highest BCUT2D eigenvalue weighted by Crippen LogP contribution is 2.72. The standard InChI is InChI=1S/C33H34O4/c1-32(2)28-18-19-33(32,3)30(27-15-9-13-23-12-7-8-14-26(23)27)31(28)37-29(36)21-25(35)20-24(34)17-16-22-10-5-4-6-11-22/h4-17,28,30-31H,18-21H2,1-3H3/b17-16+/t28-,30-,31-,33+/m0/s1. The fourth-order valence-electron chi connectivity index (χ4n) is 6.90. The molecule has 4 atom stereocenters. The zero-order valence-electron chi connectivity index (χ0n) is 21.8. The van der Waals surface area contributed by atoms with Gasteiger partial charge in [0.05, 0.1) is 6.42 Å². The molecule has 0 spiro atoms. The van der Waals surface area contributed by atoms with Gasteiger partial charge < -0.3 is 4.74 Å². The summed E-state index contributed by atoms with van der Waals surface area (Å²) in [6.07, 6.45) is 4.17. The van der Waals surface area contributed by atoms with Crippen LogP contribution in [0, 0.1) is 16.7 Å². The molecule has 0 aromatic heterocycles. The van der Waals surface area contributed by atoms with Crippen LogP contribution in [-0.4, -0.2) is 23.6 Å². The van der Waals surface area contributed by atoms with E-state index in [1.165, 1.54) is 22.4 Å². The number of hydrogen-bond acceptors (Lipinski definition) is 4. The SMILES string of the molecule is CC1(C)[C@H]2CC[C@]1(C)[C@@H](c1cccc3ccccc13)[C@H]2OC(=O)CC(=O)CC(=O)/C=C/c1ccccc1. The molecule has 190 valence electrons. The number of allylic oxidation sites excluding steroid dienone is 1. The van der Waals surface area contributed by atoms with Crippen molar-refractivity contribution in [3.63, 3.8) is 0 Å². The number of carbonyl (C=O) groups is 3. The van der Waals surface area contributed by atoms with E-state index in [4.69, 9.17) is 4.74 Å². The van der Waals surface area contributed by atoms with Crippen LogP contribution in [0.5, 0.6) is 0 Å². The number of benzene rings is 3. The van der Waals surface area contributed by atoms with Crippen LogP contribution in [0.1, 0.15) is 63.5 Å². The Hall–Kier alpha value is -3.53. The van der Waals surface area contributed by atoms with Crippen LogP contribution in [0.25, 0.3) is 16.8 Å². The van der Waals surface area contributed by atoms with Crippen LogP contribution in [0.3, 0.4) is 0 Å². The van der Waals surface area contributed by atoms with Crippen LogP contribution in [0.2, 0.25) is 0 Å². The molecular weight excluding hydrogens is 460 g/mol. The van der Waals surface area contributed by atoms with E-state index in [2.05, 4.69) is 57.2 Å². The first-order chi connectivity index (χ1) is 17.7. The molecule has 0 heterocycles. The van der Waals surface area contributed by atoms with Crippen molar-refractivity contribution >= 4 is 34.4 Å². The van der Waals surface area contributed by atoms with Crippen molar-refractivity contribution in [3.05, 3.63) is 90.0 Å². The van der Waals surface area contributed by atoms with E-state index in [1.807, 2.05) is 36.4 Å². The van der Waals surface area contributed by atoms with Crippen molar-refractivity contribution in [1.82, 2.24) is 0 Å². The Morgan fingerprint density at radius 1 is 0.892 bits per heavy atom. The molecule has 2 aliphatic rings. The summed E-state index contributed by atoms with van der Waals surface area (Å²) in [6.45, 7) is 6.91. The zero-order chi connectivity index (χ0) is 26.2. The molecule has 0 radical (unpaired) electrons. The minimum Gasteiger partial charge on any atom is -0.461 e. The maximum Gasteiger partial charge on any atom is 0.313 e. The van der Waals surface area contributed by atoms with E-state index in [9.17, 15) is 14.4 Å². The summed E-state index contributed by atoms with van der Waals surface area (Å²) in [5, 5.41) is 2.36. The molecular formula is C33H34O4. The number of fused-ring (bicyclic) bond motifs is 3. The van der Waals surface area contributed by atoms with E-state index in [0.717, 1.165) is 18.4 Å². The number of hydrogen-bond donors (Lipinski definition) is 0. The second kappa shape index (κ2) is 9.74.